The number of hydrogen-bond donors (Lipinski definition) is 1. The molecule has 3 rings (SSSR count). The fourth-order valence-electron chi connectivity index (χ4n) is 4.36. The minimum atomic E-state index is 0.0835. The second-order valence-corrected chi connectivity index (χ2v) is 9.71. The van der Waals surface area contributed by atoms with Crippen molar-refractivity contribution in [2.45, 2.75) is 91.6 Å². The van der Waals surface area contributed by atoms with E-state index in [9.17, 15) is 5.11 Å². The molecule has 0 saturated carbocycles. The van der Waals surface area contributed by atoms with Crippen molar-refractivity contribution in [2.24, 2.45) is 0 Å². The largest absolute Gasteiger partial charge is 0.507 e. The van der Waals surface area contributed by atoms with Crippen molar-refractivity contribution in [1.82, 2.24) is 0 Å². The fraction of sp³-hybridized carbons (Fsp3) is 0.538. The summed E-state index contributed by atoms with van der Waals surface area (Å²) in [6.07, 6.45) is 10.3. The maximum absolute atomic E-state index is 11.6. The van der Waals surface area contributed by atoms with Crippen LogP contribution in [0.5, 0.6) is 11.5 Å². The summed E-state index contributed by atoms with van der Waals surface area (Å²) in [6, 6.07) is 4.44. The lowest BCUT2D eigenvalue weighted by atomic mass is 9.83. The molecule has 0 saturated heterocycles. The number of allylic oxidation sites excluding steroid dienone is 2. The van der Waals surface area contributed by atoms with Crippen LogP contribution in [0.4, 0.5) is 0 Å². The monoisotopic (exact) mass is 412 g/mol. The van der Waals surface area contributed by atoms with E-state index in [0.717, 1.165) is 42.6 Å². The Morgan fingerprint density at radius 3 is 2.62 bits per heavy atom. The first-order valence-corrected chi connectivity index (χ1v) is 12.1. The van der Waals surface area contributed by atoms with Gasteiger partial charge in [-0.2, -0.15) is 0 Å². The molecule has 0 unspecified atom stereocenters. The summed E-state index contributed by atoms with van der Waals surface area (Å²) in [7, 11) is 0. The highest BCUT2D eigenvalue weighted by Crippen LogP contribution is 2.49. The number of hydrogen-bond acceptors (Lipinski definition) is 3. The van der Waals surface area contributed by atoms with E-state index in [1.165, 1.54) is 40.8 Å². The Kier molecular flexibility index (Phi) is 7.45. The average Bonchev–Trinajstić information content (AvgIpc) is 3.07. The maximum Gasteiger partial charge on any atom is 0.131 e. The Bertz CT molecular complexity index is 860. The Balaban J connectivity index is 2.18. The average molecular weight is 413 g/mol. The molecule has 1 aliphatic carbocycles. The van der Waals surface area contributed by atoms with Gasteiger partial charge in [-0.3, -0.25) is 0 Å². The Labute approximate surface area is 180 Å². The normalized spacial score (nSPS) is 16.9. The van der Waals surface area contributed by atoms with Crippen LogP contribution in [-0.2, 0) is 6.42 Å². The van der Waals surface area contributed by atoms with Gasteiger partial charge in [-0.25, -0.2) is 0 Å². The summed E-state index contributed by atoms with van der Waals surface area (Å²) >= 11 is 1.73. The van der Waals surface area contributed by atoms with E-state index in [4.69, 9.17) is 4.74 Å². The van der Waals surface area contributed by atoms with Crippen LogP contribution in [0.2, 0.25) is 0 Å². The molecule has 2 nitrogen and oxygen atoms in total. The van der Waals surface area contributed by atoms with Gasteiger partial charge in [0.25, 0.3) is 0 Å². The van der Waals surface area contributed by atoms with E-state index in [0.29, 0.717) is 5.75 Å². The zero-order valence-electron chi connectivity index (χ0n) is 18.7. The zero-order valence-corrected chi connectivity index (χ0v) is 19.5. The number of thiophene rings is 1. The summed E-state index contributed by atoms with van der Waals surface area (Å²) in [4.78, 5) is 1.17. The van der Waals surface area contributed by atoms with Crippen molar-refractivity contribution in [2.75, 3.05) is 0 Å². The van der Waals surface area contributed by atoms with E-state index in [1.54, 1.807) is 11.3 Å². The lowest BCUT2D eigenvalue weighted by Gasteiger charge is -2.26. The van der Waals surface area contributed by atoms with Crippen LogP contribution in [0.3, 0.4) is 0 Å². The maximum atomic E-state index is 11.6. The molecule has 0 fully saturated rings. The molecule has 0 radical (unpaired) electrons. The Morgan fingerprint density at radius 1 is 1.21 bits per heavy atom. The molecule has 0 aliphatic heterocycles. The van der Waals surface area contributed by atoms with Gasteiger partial charge < -0.3 is 9.84 Å². The van der Waals surface area contributed by atoms with Gasteiger partial charge in [0.1, 0.15) is 11.5 Å². The van der Waals surface area contributed by atoms with E-state index in [-0.39, 0.29) is 12.0 Å². The van der Waals surface area contributed by atoms with E-state index >= 15 is 0 Å². The first kappa shape index (κ1) is 22.0. The topological polar surface area (TPSA) is 29.5 Å². The van der Waals surface area contributed by atoms with Gasteiger partial charge in [0.2, 0.25) is 0 Å². The predicted octanol–water partition coefficient (Wildman–Crippen LogP) is 8.16. The molecule has 0 amide bonds. The first-order chi connectivity index (χ1) is 13.9. The van der Waals surface area contributed by atoms with Crippen molar-refractivity contribution in [3.63, 3.8) is 0 Å². The molecule has 3 heteroatoms. The number of phenolic OH excluding ortho intramolecular Hbond substituents is 1. The molecule has 2 aromatic rings. The number of aryl methyl sites for hydroxylation is 2. The standard InChI is InChI=1S/C26H36O2S/c1-6-7-8-11-21-15-22(28-17(2)3)24(20-12-9-10-18(4)13-20)26(27)25(21)23-14-19(5)16-29-23/h13-17,20,27H,6-12H2,1-5H3/t20-/m0/s1. The SMILES string of the molecule is CCCCCc1cc(OC(C)C)c([C@@H]2C=C(C)CCC2)c(O)c1-c1cc(C)cs1. The number of rotatable bonds is 8. The molecule has 1 atom stereocenters. The minimum Gasteiger partial charge on any atom is -0.507 e. The molecular formula is C26H36O2S. The highest BCUT2D eigenvalue weighted by atomic mass is 32.1. The second kappa shape index (κ2) is 9.84. The van der Waals surface area contributed by atoms with Crippen molar-refractivity contribution in [1.29, 1.82) is 0 Å². The van der Waals surface area contributed by atoms with Crippen LogP contribution in [0.1, 0.15) is 88.8 Å². The fourth-order valence-corrected chi connectivity index (χ4v) is 5.34. The van der Waals surface area contributed by atoms with Gasteiger partial charge in [-0.1, -0.05) is 31.4 Å². The smallest absolute Gasteiger partial charge is 0.131 e. The van der Waals surface area contributed by atoms with Gasteiger partial charge >= 0.3 is 0 Å². The molecule has 1 aromatic carbocycles. The summed E-state index contributed by atoms with van der Waals surface area (Å²) in [5.41, 5.74) is 5.90. The summed E-state index contributed by atoms with van der Waals surface area (Å²) in [5, 5.41) is 13.8. The van der Waals surface area contributed by atoms with Gasteiger partial charge in [0.05, 0.1) is 6.10 Å². The molecule has 0 bridgehead atoms. The van der Waals surface area contributed by atoms with Crippen LogP contribution in [0.15, 0.2) is 29.2 Å². The Morgan fingerprint density at radius 2 is 2.00 bits per heavy atom. The van der Waals surface area contributed by atoms with Crippen LogP contribution in [0.25, 0.3) is 10.4 Å². The molecule has 1 N–H and O–H groups in total. The highest BCUT2D eigenvalue weighted by molar-refractivity contribution is 7.13. The first-order valence-electron chi connectivity index (χ1n) is 11.2. The molecule has 1 aliphatic rings. The van der Waals surface area contributed by atoms with Crippen molar-refractivity contribution < 1.29 is 9.84 Å². The minimum absolute atomic E-state index is 0.0835. The van der Waals surface area contributed by atoms with Crippen LogP contribution in [0, 0.1) is 6.92 Å². The summed E-state index contributed by atoms with van der Waals surface area (Å²) in [6.45, 7) is 10.7. The molecular weight excluding hydrogens is 376 g/mol. The highest BCUT2D eigenvalue weighted by Gasteiger charge is 2.27. The molecule has 1 heterocycles. The lowest BCUT2D eigenvalue weighted by molar-refractivity contribution is 0.237. The van der Waals surface area contributed by atoms with E-state index < -0.39 is 0 Å². The van der Waals surface area contributed by atoms with Crippen molar-refractivity contribution in [3.8, 4) is 21.9 Å². The van der Waals surface area contributed by atoms with Gasteiger partial charge in [-0.05, 0) is 88.4 Å². The van der Waals surface area contributed by atoms with Gasteiger partial charge in [0, 0.05) is 21.9 Å². The zero-order chi connectivity index (χ0) is 21.0. The predicted molar refractivity (Wildman–Crippen MR) is 125 cm³/mol. The number of ether oxygens (including phenoxy) is 1. The quantitative estimate of drug-likeness (QED) is 0.350. The molecule has 29 heavy (non-hydrogen) atoms. The van der Waals surface area contributed by atoms with Crippen molar-refractivity contribution in [3.05, 3.63) is 45.9 Å². The van der Waals surface area contributed by atoms with Crippen LogP contribution >= 0.6 is 11.3 Å². The number of benzene rings is 1. The van der Waals surface area contributed by atoms with Gasteiger partial charge in [-0.15, -0.1) is 11.3 Å². The number of phenols is 1. The molecule has 1 aromatic heterocycles. The lowest BCUT2D eigenvalue weighted by Crippen LogP contribution is -2.12. The van der Waals surface area contributed by atoms with Crippen LogP contribution in [-0.4, -0.2) is 11.2 Å². The number of aromatic hydroxyl groups is 1. The van der Waals surface area contributed by atoms with Gasteiger partial charge in [0.15, 0.2) is 0 Å². The summed E-state index contributed by atoms with van der Waals surface area (Å²) in [5.74, 6) is 1.53. The van der Waals surface area contributed by atoms with E-state index in [1.807, 2.05) is 0 Å². The third-order valence-corrected chi connectivity index (χ3v) is 6.78. The molecule has 158 valence electrons. The molecule has 0 spiro atoms. The summed E-state index contributed by atoms with van der Waals surface area (Å²) < 4.78 is 6.27. The van der Waals surface area contributed by atoms with Crippen molar-refractivity contribution >= 4 is 11.3 Å². The number of unbranched alkanes of at least 4 members (excludes halogenated alkanes) is 2. The second-order valence-electron chi connectivity index (χ2n) is 8.79. The Hall–Kier alpha value is -1.74. The van der Waals surface area contributed by atoms with Crippen LogP contribution < -0.4 is 4.74 Å². The third-order valence-electron chi connectivity index (χ3n) is 5.72. The van der Waals surface area contributed by atoms with E-state index in [2.05, 4.69) is 58.2 Å². The third kappa shape index (κ3) is 5.25.